The predicted molar refractivity (Wildman–Crippen MR) is 121 cm³/mol. The van der Waals surface area contributed by atoms with Crippen molar-refractivity contribution in [3.63, 3.8) is 0 Å². The molecule has 1 aromatic heterocycles. The van der Waals surface area contributed by atoms with Gasteiger partial charge in [-0.3, -0.25) is 4.79 Å². The van der Waals surface area contributed by atoms with Gasteiger partial charge in [-0.15, -0.1) is 0 Å². The monoisotopic (exact) mass is 429 g/mol. The van der Waals surface area contributed by atoms with Crippen LogP contribution in [0.3, 0.4) is 0 Å². The molecular weight excluding hydrogens is 390 g/mol. The highest BCUT2D eigenvalue weighted by atomic mass is 16.2. The van der Waals surface area contributed by atoms with Gasteiger partial charge in [-0.25, -0.2) is 4.79 Å². The van der Waals surface area contributed by atoms with Crippen LogP contribution in [0.25, 0.3) is 0 Å². The Labute approximate surface area is 185 Å². The third kappa shape index (κ3) is 4.53. The highest BCUT2D eigenvalue weighted by Gasteiger charge is 2.42. The van der Waals surface area contributed by atoms with Gasteiger partial charge in [0, 0.05) is 37.4 Å². The maximum Gasteiger partial charge on any atom is 0.319 e. The fourth-order valence-electron chi connectivity index (χ4n) is 6.72. The van der Waals surface area contributed by atoms with Crippen molar-refractivity contribution in [2.45, 2.75) is 75.9 Å². The summed E-state index contributed by atoms with van der Waals surface area (Å²) >= 11 is 0. The molecule has 3 fully saturated rings. The number of hydrogen-bond acceptors (Lipinski definition) is 2. The van der Waals surface area contributed by atoms with Crippen LogP contribution in [0.5, 0.6) is 0 Å². The van der Waals surface area contributed by atoms with Crippen LogP contribution in [-0.2, 0) is 6.54 Å². The number of piperidine rings is 2. The van der Waals surface area contributed by atoms with Crippen molar-refractivity contribution in [3.05, 3.63) is 28.2 Å². The zero-order valence-corrected chi connectivity index (χ0v) is 18.9. The van der Waals surface area contributed by atoms with Gasteiger partial charge in [0.1, 0.15) is 0 Å². The molecule has 4 N–H and O–H groups in total. The second-order valence-corrected chi connectivity index (χ2v) is 10.6. The zero-order valence-electron chi connectivity index (χ0n) is 18.9. The quantitative estimate of drug-likeness (QED) is 0.546. The number of rotatable bonds is 3. The maximum absolute atomic E-state index is 12.7. The van der Waals surface area contributed by atoms with Gasteiger partial charge >= 0.3 is 6.03 Å². The summed E-state index contributed by atoms with van der Waals surface area (Å²) in [5.74, 6) is 0.922. The first kappa shape index (κ1) is 21.0. The van der Waals surface area contributed by atoms with Crippen molar-refractivity contribution in [2.75, 3.05) is 38.5 Å². The minimum atomic E-state index is -0.117. The molecule has 170 valence electrons. The molecule has 1 aromatic rings. The fourth-order valence-corrected chi connectivity index (χ4v) is 6.72. The Morgan fingerprint density at radius 3 is 2.61 bits per heavy atom. The second-order valence-electron chi connectivity index (χ2n) is 10.6. The number of carbonyl (C=O) groups excluding carboxylic acids is 1. The number of pyridine rings is 1. The van der Waals surface area contributed by atoms with Crippen LogP contribution in [0, 0.1) is 5.92 Å². The molecule has 5 rings (SSSR count). The zero-order chi connectivity index (χ0) is 21.4. The molecule has 1 saturated carbocycles. The lowest BCUT2D eigenvalue weighted by molar-refractivity contribution is -0.959. The van der Waals surface area contributed by atoms with Crippen LogP contribution in [0.1, 0.15) is 63.0 Å². The van der Waals surface area contributed by atoms with E-state index >= 15 is 0 Å². The van der Waals surface area contributed by atoms with Gasteiger partial charge in [0.2, 0.25) is 0 Å². The predicted octanol–water partition coefficient (Wildman–Crippen LogP) is -0.0184. The molecule has 2 bridgehead atoms. The lowest BCUT2D eigenvalue weighted by Gasteiger charge is -2.44. The topological polar surface area (TPSA) is 72.0 Å². The summed E-state index contributed by atoms with van der Waals surface area (Å²) in [5.41, 5.74) is 1.98. The van der Waals surface area contributed by atoms with E-state index in [4.69, 9.17) is 0 Å². The standard InChI is InChI=1S/C24H37N5O2/c1-27-11-9-20(10-12-27)28-14-17-13-18(16-28)23-21(7-8-22(30)29(23)15-17)26-24(31)25-19-5-3-2-4-6-19/h7-8,17-20H,2-6,9-16H2,1H3,(H2,25,26,31)/p+2/t17-,18+/m0/s1. The van der Waals surface area contributed by atoms with Gasteiger partial charge in [0.15, 0.2) is 0 Å². The number of quaternary nitrogens is 2. The van der Waals surface area contributed by atoms with E-state index < -0.39 is 0 Å². The van der Waals surface area contributed by atoms with E-state index in [-0.39, 0.29) is 17.6 Å². The molecule has 2 saturated heterocycles. The number of likely N-dealkylation sites (tertiary alicyclic amines) is 2. The van der Waals surface area contributed by atoms with E-state index in [0.29, 0.717) is 11.8 Å². The minimum absolute atomic E-state index is 0.0780. The lowest BCUT2D eigenvalue weighted by Crippen LogP contribution is -3.21. The lowest BCUT2D eigenvalue weighted by atomic mass is 9.81. The Bertz CT molecular complexity index is 854. The van der Waals surface area contributed by atoms with E-state index in [0.717, 1.165) is 49.8 Å². The number of fused-ring (bicyclic) bond motifs is 4. The Morgan fingerprint density at radius 1 is 1.06 bits per heavy atom. The fraction of sp³-hybridized carbons (Fsp3) is 0.750. The van der Waals surface area contributed by atoms with Crippen molar-refractivity contribution in [1.82, 2.24) is 9.88 Å². The molecule has 2 amide bonds. The minimum Gasteiger partial charge on any atom is -0.337 e. The Morgan fingerprint density at radius 2 is 1.84 bits per heavy atom. The number of amides is 2. The second kappa shape index (κ2) is 8.94. The first-order valence-electron chi connectivity index (χ1n) is 12.5. The van der Waals surface area contributed by atoms with Crippen molar-refractivity contribution in [1.29, 1.82) is 0 Å². The molecule has 0 spiro atoms. The molecule has 31 heavy (non-hydrogen) atoms. The van der Waals surface area contributed by atoms with Gasteiger partial charge in [0.05, 0.1) is 56.6 Å². The Balaban J connectivity index is 1.33. The summed E-state index contributed by atoms with van der Waals surface area (Å²) in [4.78, 5) is 28.8. The van der Waals surface area contributed by atoms with Gasteiger partial charge in [-0.2, -0.15) is 0 Å². The third-order valence-electron chi connectivity index (χ3n) is 8.34. The summed E-state index contributed by atoms with van der Waals surface area (Å²) in [6.07, 6.45) is 9.55. The van der Waals surface area contributed by atoms with E-state index in [1.54, 1.807) is 15.9 Å². The van der Waals surface area contributed by atoms with Crippen LogP contribution < -0.4 is 26.0 Å². The van der Waals surface area contributed by atoms with Gasteiger partial charge in [-0.1, -0.05) is 19.3 Å². The van der Waals surface area contributed by atoms with Crippen molar-refractivity contribution in [3.8, 4) is 0 Å². The molecule has 3 atom stereocenters. The van der Waals surface area contributed by atoms with Crippen molar-refractivity contribution >= 4 is 11.7 Å². The maximum atomic E-state index is 12.7. The highest BCUT2D eigenvalue weighted by Crippen LogP contribution is 2.35. The summed E-state index contributed by atoms with van der Waals surface area (Å²) in [6.45, 7) is 5.61. The van der Waals surface area contributed by atoms with Crippen molar-refractivity contribution in [2.24, 2.45) is 5.92 Å². The average Bonchev–Trinajstić information content (AvgIpc) is 2.77. The molecule has 7 heteroatoms. The van der Waals surface area contributed by atoms with Gasteiger partial charge in [0.25, 0.3) is 5.56 Å². The molecule has 4 heterocycles. The molecule has 0 aromatic carbocycles. The molecule has 4 aliphatic rings. The van der Waals surface area contributed by atoms with Crippen LogP contribution in [-0.4, -0.2) is 55.9 Å². The average molecular weight is 430 g/mol. The molecule has 3 aliphatic heterocycles. The van der Waals surface area contributed by atoms with E-state index in [1.165, 1.54) is 51.7 Å². The molecule has 1 aliphatic carbocycles. The highest BCUT2D eigenvalue weighted by molar-refractivity contribution is 5.90. The molecular formula is C24H39N5O2+2. The van der Waals surface area contributed by atoms with Crippen LogP contribution in [0.2, 0.25) is 0 Å². The summed E-state index contributed by atoms with van der Waals surface area (Å²) in [5, 5.41) is 6.29. The molecule has 7 nitrogen and oxygen atoms in total. The van der Waals surface area contributed by atoms with E-state index in [1.807, 2.05) is 10.6 Å². The number of carbonyl (C=O) groups is 1. The normalized spacial score (nSPS) is 33.4. The number of nitrogens with zero attached hydrogens (tertiary/aromatic N) is 1. The SMILES string of the molecule is C[NH+]1CCC([NH+]2C[C@@H]3C[C@H](C2)c2c(NC(=O)NC4CCCCC4)ccc(=O)n2C3)CC1. The number of aromatic nitrogens is 1. The Kier molecular flexibility index (Phi) is 6.06. The van der Waals surface area contributed by atoms with Gasteiger partial charge in [-0.05, 0) is 25.3 Å². The first-order chi connectivity index (χ1) is 15.1. The largest absolute Gasteiger partial charge is 0.337 e. The number of anilines is 1. The van der Waals surface area contributed by atoms with Gasteiger partial charge < -0.3 is 25.0 Å². The van der Waals surface area contributed by atoms with Crippen LogP contribution >= 0.6 is 0 Å². The molecule has 0 radical (unpaired) electrons. The molecule has 1 unspecified atom stereocenters. The number of urea groups is 1. The number of nitrogens with one attached hydrogen (secondary N) is 4. The first-order valence-corrected chi connectivity index (χ1v) is 12.5. The number of hydrogen-bond donors (Lipinski definition) is 4. The smallest absolute Gasteiger partial charge is 0.319 e. The van der Waals surface area contributed by atoms with Crippen LogP contribution in [0.4, 0.5) is 10.5 Å². The van der Waals surface area contributed by atoms with E-state index in [2.05, 4.69) is 17.7 Å². The van der Waals surface area contributed by atoms with E-state index in [9.17, 15) is 9.59 Å². The summed E-state index contributed by atoms with van der Waals surface area (Å²) in [7, 11) is 2.30. The summed E-state index contributed by atoms with van der Waals surface area (Å²) < 4.78 is 1.96. The van der Waals surface area contributed by atoms with Crippen LogP contribution in [0.15, 0.2) is 16.9 Å². The Hall–Kier alpha value is -1.86. The summed E-state index contributed by atoms with van der Waals surface area (Å²) in [6, 6.07) is 4.38. The van der Waals surface area contributed by atoms with Crippen molar-refractivity contribution < 1.29 is 14.6 Å². The third-order valence-corrected chi connectivity index (χ3v) is 8.34.